The monoisotopic (exact) mass is 257 g/mol. The van der Waals surface area contributed by atoms with Crippen LogP contribution in [0.3, 0.4) is 0 Å². The molecule has 3 nitrogen and oxygen atoms in total. The third-order valence-corrected chi connectivity index (χ3v) is 3.77. The van der Waals surface area contributed by atoms with E-state index in [4.69, 9.17) is 0 Å². The van der Waals surface area contributed by atoms with Gasteiger partial charge in [0.15, 0.2) is 0 Å². The first-order chi connectivity index (χ1) is 8.90. The normalized spacial score (nSPS) is 12.1. The van der Waals surface area contributed by atoms with E-state index in [0.29, 0.717) is 0 Å². The molecule has 0 aliphatic rings. The second-order valence-corrected chi connectivity index (χ2v) is 5.89. The van der Waals surface area contributed by atoms with E-state index in [0.717, 1.165) is 23.4 Å². The first kappa shape index (κ1) is 13.8. The zero-order chi connectivity index (χ0) is 14.0. The van der Waals surface area contributed by atoms with E-state index in [1.54, 1.807) is 0 Å². The van der Waals surface area contributed by atoms with Crippen molar-refractivity contribution >= 4 is 16.6 Å². The zero-order valence-corrected chi connectivity index (χ0v) is 12.5. The van der Waals surface area contributed by atoms with Crippen LogP contribution in [0, 0.1) is 6.92 Å². The largest absolute Gasteiger partial charge is 0.383 e. The van der Waals surface area contributed by atoms with Gasteiger partial charge in [0.25, 0.3) is 0 Å². The molecule has 2 rings (SSSR count). The van der Waals surface area contributed by atoms with E-state index in [2.05, 4.69) is 67.4 Å². The summed E-state index contributed by atoms with van der Waals surface area (Å²) in [6, 6.07) is 10.4. The Kier molecular flexibility index (Phi) is 3.76. The second kappa shape index (κ2) is 5.17. The smallest absolute Gasteiger partial charge is 0.0725 e. The lowest BCUT2D eigenvalue weighted by Gasteiger charge is -2.33. The SMILES string of the molecule is Cc1cc(NCC(C)(C)N(C)C)c2ccccc2n1. The molecule has 0 amide bonds. The Balaban J connectivity index is 2.30. The van der Waals surface area contributed by atoms with Crippen LogP contribution in [0.4, 0.5) is 5.69 Å². The molecule has 2 aromatic rings. The summed E-state index contributed by atoms with van der Waals surface area (Å²) in [5, 5.41) is 4.75. The average Bonchev–Trinajstić information content (AvgIpc) is 2.35. The van der Waals surface area contributed by atoms with Gasteiger partial charge in [-0.05, 0) is 47.0 Å². The number of para-hydroxylation sites is 1. The lowest BCUT2D eigenvalue weighted by atomic mass is 10.0. The fourth-order valence-corrected chi connectivity index (χ4v) is 1.92. The summed E-state index contributed by atoms with van der Waals surface area (Å²) in [6.07, 6.45) is 0. The number of benzene rings is 1. The van der Waals surface area contributed by atoms with E-state index in [9.17, 15) is 0 Å². The van der Waals surface area contributed by atoms with Gasteiger partial charge in [0, 0.05) is 28.9 Å². The molecule has 0 bridgehead atoms. The van der Waals surface area contributed by atoms with Gasteiger partial charge in [-0.1, -0.05) is 18.2 Å². The number of anilines is 1. The average molecular weight is 257 g/mol. The van der Waals surface area contributed by atoms with Gasteiger partial charge < -0.3 is 10.2 Å². The molecule has 0 radical (unpaired) electrons. The molecule has 0 saturated carbocycles. The second-order valence-electron chi connectivity index (χ2n) is 5.89. The molecule has 3 heteroatoms. The minimum absolute atomic E-state index is 0.109. The Morgan fingerprint density at radius 1 is 1.21 bits per heavy atom. The quantitative estimate of drug-likeness (QED) is 0.911. The predicted molar refractivity (Wildman–Crippen MR) is 82.7 cm³/mol. The number of likely N-dealkylation sites (N-methyl/N-ethyl adjacent to an activating group) is 1. The summed E-state index contributed by atoms with van der Waals surface area (Å²) in [6.45, 7) is 7.40. The van der Waals surface area contributed by atoms with Crippen molar-refractivity contribution in [3.05, 3.63) is 36.0 Å². The maximum atomic E-state index is 4.57. The molecule has 0 fully saturated rings. The standard InChI is InChI=1S/C16H23N3/c1-12-10-15(17-11-16(2,3)19(4)5)13-8-6-7-9-14(13)18-12/h6-10H,11H2,1-5H3,(H,17,18). The number of nitrogens with one attached hydrogen (secondary N) is 1. The van der Waals surface area contributed by atoms with E-state index >= 15 is 0 Å². The Labute approximate surface area is 115 Å². The van der Waals surface area contributed by atoms with Gasteiger partial charge in [0.05, 0.1) is 5.52 Å². The van der Waals surface area contributed by atoms with Crippen molar-refractivity contribution < 1.29 is 0 Å². The Bertz CT molecular complexity index is 573. The summed E-state index contributed by atoms with van der Waals surface area (Å²) >= 11 is 0. The minimum atomic E-state index is 0.109. The molecule has 0 aliphatic carbocycles. The van der Waals surface area contributed by atoms with Crippen molar-refractivity contribution in [2.75, 3.05) is 26.0 Å². The minimum Gasteiger partial charge on any atom is -0.383 e. The Morgan fingerprint density at radius 3 is 2.58 bits per heavy atom. The molecule has 0 aliphatic heterocycles. The molecule has 0 saturated heterocycles. The zero-order valence-electron chi connectivity index (χ0n) is 12.5. The van der Waals surface area contributed by atoms with Gasteiger partial charge in [0.1, 0.15) is 0 Å². The van der Waals surface area contributed by atoms with Crippen LogP contribution in [0.15, 0.2) is 30.3 Å². The Hall–Kier alpha value is -1.61. The van der Waals surface area contributed by atoms with E-state index < -0.39 is 0 Å². The molecule has 19 heavy (non-hydrogen) atoms. The van der Waals surface area contributed by atoms with Gasteiger partial charge in [-0.15, -0.1) is 0 Å². The van der Waals surface area contributed by atoms with Crippen LogP contribution in [0.2, 0.25) is 0 Å². The number of rotatable bonds is 4. The molecular formula is C16H23N3. The number of hydrogen-bond donors (Lipinski definition) is 1. The van der Waals surface area contributed by atoms with Gasteiger partial charge in [-0.25, -0.2) is 0 Å². The third-order valence-electron chi connectivity index (χ3n) is 3.77. The summed E-state index contributed by atoms with van der Waals surface area (Å²) in [5.74, 6) is 0. The molecule has 1 N–H and O–H groups in total. The van der Waals surface area contributed by atoms with Crippen molar-refractivity contribution in [2.24, 2.45) is 0 Å². The van der Waals surface area contributed by atoms with Crippen LogP contribution in [0.5, 0.6) is 0 Å². The van der Waals surface area contributed by atoms with Crippen molar-refractivity contribution in [2.45, 2.75) is 26.3 Å². The van der Waals surface area contributed by atoms with Crippen LogP contribution in [-0.4, -0.2) is 36.1 Å². The highest BCUT2D eigenvalue weighted by Crippen LogP contribution is 2.24. The molecular weight excluding hydrogens is 234 g/mol. The number of nitrogens with zero attached hydrogens (tertiary/aromatic N) is 2. The summed E-state index contributed by atoms with van der Waals surface area (Å²) in [5.41, 5.74) is 3.37. The van der Waals surface area contributed by atoms with Gasteiger partial charge >= 0.3 is 0 Å². The van der Waals surface area contributed by atoms with E-state index in [1.165, 1.54) is 5.39 Å². The first-order valence-corrected chi connectivity index (χ1v) is 6.68. The van der Waals surface area contributed by atoms with Crippen molar-refractivity contribution in [3.63, 3.8) is 0 Å². The first-order valence-electron chi connectivity index (χ1n) is 6.68. The van der Waals surface area contributed by atoms with Crippen LogP contribution in [-0.2, 0) is 0 Å². The Morgan fingerprint density at radius 2 is 1.89 bits per heavy atom. The molecule has 1 heterocycles. The number of fused-ring (bicyclic) bond motifs is 1. The third kappa shape index (κ3) is 3.04. The van der Waals surface area contributed by atoms with Crippen molar-refractivity contribution in [1.29, 1.82) is 0 Å². The molecule has 0 unspecified atom stereocenters. The van der Waals surface area contributed by atoms with Gasteiger partial charge in [-0.2, -0.15) is 0 Å². The topological polar surface area (TPSA) is 28.2 Å². The maximum absolute atomic E-state index is 4.57. The number of pyridine rings is 1. The summed E-state index contributed by atoms with van der Waals surface area (Å²) < 4.78 is 0. The molecule has 1 aromatic carbocycles. The number of hydrogen-bond acceptors (Lipinski definition) is 3. The van der Waals surface area contributed by atoms with Crippen LogP contribution >= 0.6 is 0 Å². The van der Waals surface area contributed by atoms with Gasteiger partial charge in [0.2, 0.25) is 0 Å². The van der Waals surface area contributed by atoms with Crippen molar-refractivity contribution in [1.82, 2.24) is 9.88 Å². The van der Waals surface area contributed by atoms with Crippen LogP contribution < -0.4 is 5.32 Å². The fraction of sp³-hybridized carbons (Fsp3) is 0.438. The molecule has 0 atom stereocenters. The lowest BCUT2D eigenvalue weighted by molar-refractivity contribution is 0.210. The lowest BCUT2D eigenvalue weighted by Crippen LogP contribution is -2.44. The molecule has 1 aromatic heterocycles. The number of aryl methyl sites for hydroxylation is 1. The predicted octanol–water partition coefficient (Wildman–Crippen LogP) is 3.30. The van der Waals surface area contributed by atoms with Crippen LogP contribution in [0.1, 0.15) is 19.5 Å². The van der Waals surface area contributed by atoms with Gasteiger partial charge in [-0.3, -0.25) is 4.98 Å². The highest BCUT2D eigenvalue weighted by atomic mass is 15.2. The van der Waals surface area contributed by atoms with Crippen molar-refractivity contribution in [3.8, 4) is 0 Å². The fourth-order valence-electron chi connectivity index (χ4n) is 1.92. The van der Waals surface area contributed by atoms with Crippen LogP contribution in [0.25, 0.3) is 10.9 Å². The molecule has 0 spiro atoms. The highest BCUT2D eigenvalue weighted by molar-refractivity contribution is 5.91. The maximum Gasteiger partial charge on any atom is 0.0725 e. The number of aromatic nitrogens is 1. The highest BCUT2D eigenvalue weighted by Gasteiger charge is 2.20. The van der Waals surface area contributed by atoms with E-state index in [1.807, 2.05) is 13.0 Å². The summed E-state index contributed by atoms with van der Waals surface area (Å²) in [4.78, 5) is 6.80. The van der Waals surface area contributed by atoms with E-state index in [-0.39, 0.29) is 5.54 Å². The molecule has 102 valence electrons. The summed E-state index contributed by atoms with van der Waals surface area (Å²) in [7, 11) is 4.22.